The molecule has 0 bridgehead atoms. The first-order chi connectivity index (χ1) is 12.8. The Bertz CT molecular complexity index is 1090. The van der Waals surface area contributed by atoms with E-state index >= 15 is 0 Å². The number of hydrogen-bond acceptors (Lipinski definition) is 5. The van der Waals surface area contributed by atoms with Crippen LogP contribution in [-0.4, -0.2) is 41.5 Å². The molecule has 2 heterocycles. The number of nitrogens with zero attached hydrogens (tertiary/aromatic N) is 4. The summed E-state index contributed by atoms with van der Waals surface area (Å²) in [5.74, 6) is 0.116. The second-order valence-electron chi connectivity index (χ2n) is 6.74. The second kappa shape index (κ2) is 8.59. The van der Waals surface area contributed by atoms with Gasteiger partial charge in [0.1, 0.15) is 17.9 Å². The molecule has 3 rings (SSSR count). The number of aliphatic hydroxyl groups is 1. The number of aromatic nitrogens is 4. The Balaban J connectivity index is 0.00000280. The average Bonchev–Trinajstić information content (AvgIpc) is 3.08. The number of fused-ring (bicyclic) bond motifs is 1. The number of aryl methyl sites for hydroxylation is 1. The molecule has 0 aliphatic carbocycles. The van der Waals surface area contributed by atoms with Gasteiger partial charge in [-0.1, -0.05) is 12.1 Å². The summed E-state index contributed by atoms with van der Waals surface area (Å²) in [6.07, 6.45) is 0.820. The van der Waals surface area contributed by atoms with E-state index in [0.29, 0.717) is 29.8 Å². The van der Waals surface area contributed by atoms with E-state index in [4.69, 9.17) is 0 Å². The van der Waals surface area contributed by atoms with Gasteiger partial charge < -0.3 is 32.5 Å². The fourth-order valence-corrected chi connectivity index (χ4v) is 3.18. The van der Waals surface area contributed by atoms with Gasteiger partial charge in [-0.05, 0) is 24.6 Å². The van der Waals surface area contributed by atoms with Crippen molar-refractivity contribution in [2.45, 2.75) is 25.6 Å². The van der Waals surface area contributed by atoms with Gasteiger partial charge in [0, 0.05) is 14.1 Å². The topological polar surface area (TPSA) is 119 Å². The molecule has 152 valence electrons. The number of aromatic hydroxyl groups is 1. The lowest BCUT2D eigenvalue weighted by molar-refractivity contribution is -0.695. The minimum absolute atomic E-state index is 0. The highest BCUT2D eigenvalue weighted by Gasteiger charge is 2.20. The van der Waals surface area contributed by atoms with Gasteiger partial charge in [-0.25, -0.2) is 9.78 Å². The number of phenols is 1. The first-order valence-corrected chi connectivity index (χ1v) is 8.72. The van der Waals surface area contributed by atoms with E-state index < -0.39 is 11.8 Å². The third-order valence-electron chi connectivity index (χ3n) is 4.84. The third kappa shape index (κ3) is 3.96. The van der Waals surface area contributed by atoms with E-state index in [-0.39, 0.29) is 29.8 Å². The fraction of sp³-hybridized carbons (Fsp3) is 0.389. The van der Waals surface area contributed by atoms with Crippen LogP contribution in [0.4, 0.5) is 0 Å². The van der Waals surface area contributed by atoms with Crippen molar-refractivity contribution in [2.75, 3.05) is 6.54 Å². The predicted molar refractivity (Wildman–Crippen MR) is 99.5 cm³/mol. The van der Waals surface area contributed by atoms with Crippen molar-refractivity contribution < 1.29 is 27.9 Å². The van der Waals surface area contributed by atoms with Gasteiger partial charge in [0.05, 0.1) is 19.4 Å². The van der Waals surface area contributed by atoms with Gasteiger partial charge in [-0.15, -0.1) is 0 Å². The zero-order chi connectivity index (χ0) is 19.7. The first kappa shape index (κ1) is 21.7. The van der Waals surface area contributed by atoms with Crippen LogP contribution in [0.3, 0.4) is 0 Å². The van der Waals surface area contributed by atoms with Crippen molar-refractivity contribution in [3.8, 4) is 5.75 Å². The Morgan fingerprint density at radius 3 is 2.61 bits per heavy atom. The molecule has 28 heavy (non-hydrogen) atoms. The lowest BCUT2D eigenvalue weighted by atomic mass is 10.0. The van der Waals surface area contributed by atoms with Gasteiger partial charge >= 0.3 is 5.69 Å². The van der Waals surface area contributed by atoms with Crippen molar-refractivity contribution in [1.82, 2.24) is 18.7 Å². The monoisotopic (exact) mass is 409 g/mol. The maximum Gasteiger partial charge on any atom is 0.332 e. The van der Waals surface area contributed by atoms with Crippen molar-refractivity contribution in [3.63, 3.8) is 0 Å². The quantitative estimate of drug-likeness (QED) is 0.382. The molecule has 10 heteroatoms. The standard InChI is InChI=1S/C18H23N5O4.ClH/c1-11(15(25)12-5-4-6-13(24)9-12)19-7-8-23-10-20-16-14(23)17(26)22(3)18(27)21(16)2;/h4-6,9-11,15,19,24-25H,7-8H2,1-3H3;1H. The number of benzene rings is 1. The molecule has 0 spiro atoms. The number of hydrogen-bond donors (Lipinski definition) is 3. The Kier molecular flexibility index (Phi) is 6.65. The number of nitrogens with two attached hydrogens (primary N) is 1. The third-order valence-corrected chi connectivity index (χ3v) is 4.84. The number of phenolic OH excluding ortho intramolecular Hbond substituents is 1. The van der Waals surface area contributed by atoms with Crippen LogP contribution in [0.25, 0.3) is 11.2 Å². The highest BCUT2D eigenvalue weighted by Crippen LogP contribution is 2.19. The van der Waals surface area contributed by atoms with Crippen LogP contribution in [0, 0.1) is 0 Å². The van der Waals surface area contributed by atoms with Crippen LogP contribution in [0.15, 0.2) is 40.2 Å². The van der Waals surface area contributed by atoms with Crippen LogP contribution in [0.2, 0.25) is 0 Å². The van der Waals surface area contributed by atoms with Crippen LogP contribution in [-0.2, 0) is 20.6 Å². The number of quaternary nitrogens is 1. The summed E-state index contributed by atoms with van der Waals surface area (Å²) in [6, 6.07) is 6.42. The zero-order valence-corrected chi connectivity index (χ0v) is 16.7. The molecule has 4 N–H and O–H groups in total. The van der Waals surface area contributed by atoms with E-state index in [1.165, 1.54) is 11.6 Å². The number of rotatable bonds is 6. The molecule has 2 aromatic heterocycles. The van der Waals surface area contributed by atoms with Gasteiger partial charge in [-0.2, -0.15) is 0 Å². The summed E-state index contributed by atoms with van der Waals surface area (Å²) in [7, 11) is 3.03. The molecular weight excluding hydrogens is 386 g/mol. The maximum absolute atomic E-state index is 12.4. The minimum atomic E-state index is -0.731. The largest absolute Gasteiger partial charge is 1.00 e. The zero-order valence-electron chi connectivity index (χ0n) is 15.9. The molecule has 2 atom stereocenters. The maximum atomic E-state index is 12.4. The molecule has 1 aromatic carbocycles. The highest BCUT2D eigenvalue weighted by molar-refractivity contribution is 5.69. The van der Waals surface area contributed by atoms with Crippen molar-refractivity contribution in [2.24, 2.45) is 14.1 Å². The smallest absolute Gasteiger partial charge is 0.332 e. The molecule has 0 amide bonds. The lowest BCUT2D eigenvalue weighted by Gasteiger charge is -2.18. The SMILES string of the molecule is CC([NH2+]CCn1cnc2c1c(=O)n(C)c(=O)n2C)C(O)c1cccc(O)c1.[Cl-]. The molecule has 0 aliphatic heterocycles. The van der Waals surface area contributed by atoms with Crippen molar-refractivity contribution >= 4 is 11.2 Å². The van der Waals surface area contributed by atoms with E-state index in [1.807, 2.05) is 12.2 Å². The Morgan fingerprint density at radius 1 is 1.21 bits per heavy atom. The Hall–Kier alpha value is -2.62. The van der Waals surface area contributed by atoms with Gasteiger partial charge in [0.25, 0.3) is 5.56 Å². The Labute approximate surface area is 167 Å². The van der Waals surface area contributed by atoms with Crippen LogP contribution >= 0.6 is 0 Å². The van der Waals surface area contributed by atoms with Gasteiger partial charge in [0.2, 0.25) is 0 Å². The van der Waals surface area contributed by atoms with Crippen LogP contribution < -0.4 is 29.0 Å². The van der Waals surface area contributed by atoms with Crippen LogP contribution in [0.1, 0.15) is 18.6 Å². The molecular formula is C18H24ClN5O4. The average molecular weight is 410 g/mol. The summed E-state index contributed by atoms with van der Waals surface area (Å²) in [5.41, 5.74) is 0.603. The van der Waals surface area contributed by atoms with E-state index in [9.17, 15) is 19.8 Å². The van der Waals surface area contributed by atoms with E-state index in [1.54, 1.807) is 42.2 Å². The number of imidazole rings is 1. The molecule has 2 unspecified atom stereocenters. The normalized spacial score (nSPS) is 13.3. The summed E-state index contributed by atoms with van der Waals surface area (Å²) in [6.45, 7) is 3.00. The summed E-state index contributed by atoms with van der Waals surface area (Å²) >= 11 is 0. The second-order valence-corrected chi connectivity index (χ2v) is 6.74. The first-order valence-electron chi connectivity index (χ1n) is 8.72. The van der Waals surface area contributed by atoms with E-state index in [2.05, 4.69) is 4.98 Å². The molecule has 0 saturated carbocycles. The fourth-order valence-electron chi connectivity index (χ4n) is 3.18. The molecule has 3 aromatic rings. The van der Waals surface area contributed by atoms with Crippen LogP contribution in [0.5, 0.6) is 5.75 Å². The van der Waals surface area contributed by atoms with Gasteiger partial charge in [-0.3, -0.25) is 13.9 Å². The number of aliphatic hydroxyl groups excluding tert-OH is 1. The molecule has 9 nitrogen and oxygen atoms in total. The Morgan fingerprint density at radius 2 is 1.93 bits per heavy atom. The summed E-state index contributed by atoms with van der Waals surface area (Å²) in [4.78, 5) is 28.6. The summed E-state index contributed by atoms with van der Waals surface area (Å²) in [5, 5.41) is 22.0. The molecule has 0 saturated heterocycles. The predicted octanol–water partition coefficient (Wildman–Crippen LogP) is -4.17. The lowest BCUT2D eigenvalue weighted by Crippen LogP contribution is -3.00. The summed E-state index contributed by atoms with van der Waals surface area (Å²) < 4.78 is 4.14. The van der Waals surface area contributed by atoms with Crippen molar-refractivity contribution in [3.05, 3.63) is 57.0 Å². The highest BCUT2D eigenvalue weighted by atomic mass is 35.5. The molecule has 0 fully saturated rings. The van der Waals surface area contributed by atoms with Gasteiger partial charge in [0.15, 0.2) is 11.2 Å². The number of halogens is 1. The minimum Gasteiger partial charge on any atom is -1.00 e. The van der Waals surface area contributed by atoms with E-state index in [0.717, 1.165) is 4.57 Å². The molecule has 0 aliphatic rings. The molecule has 0 radical (unpaired) electrons. The van der Waals surface area contributed by atoms with Crippen molar-refractivity contribution in [1.29, 1.82) is 0 Å².